The molecule has 0 unspecified atom stereocenters. The van der Waals surface area contributed by atoms with E-state index in [4.69, 9.17) is 4.74 Å². The summed E-state index contributed by atoms with van der Waals surface area (Å²) in [5.74, 6) is 0.725. The van der Waals surface area contributed by atoms with Gasteiger partial charge in [0.1, 0.15) is 5.75 Å². The van der Waals surface area contributed by atoms with Crippen LogP contribution in [-0.2, 0) is 6.42 Å². The number of aliphatic hydroxyl groups excluding tert-OH is 1. The highest BCUT2D eigenvalue weighted by Gasteiger charge is 2.14. The SMILES string of the molecule is COc1ccccc1[C@@H](O)CN[C@H](C)Cc1ccccc1C. The number of methoxy groups -OCH3 is 1. The van der Waals surface area contributed by atoms with Gasteiger partial charge in [-0.25, -0.2) is 0 Å². The monoisotopic (exact) mass is 299 g/mol. The number of aryl methyl sites for hydroxylation is 1. The van der Waals surface area contributed by atoms with Gasteiger partial charge in [-0.3, -0.25) is 0 Å². The Morgan fingerprint density at radius 1 is 1.09 bits per heavy atom. The first-order valence-corrected chi connectivity index (χ1v) is 7.70. The van der Waals surface area contributed by atoms with Crippen LogP contribution in [0.5, 0.6) is 5.75 Å². The summed E-state index contributed by atoms with van der Waals surface area (Å²) in [6.45, 7) is 4.78. The molecule has 0 bridgehead atoms. The van der Waals surface area contributed by atoms with E-state index in [0.717, 1.165) is 17.7 Å². The number of para-hydroxylation sites is 1. The lowest BCUT2D eigenvalue weighted by atomic mass is 10.0. The molecular formula is C19H25NO2. The third-order valence-electron chi connectivity index (χ3n) is 3.94. The van der Waals surface area contributed by atoms with Crippen molar-refractivity contribution in [3.8, 4) is 5.75 Å². The second-order valence-corrected chi connectivity index (χ2v) is 5.70. The first-order valence-electron chi connectivity index (χ1n) is 7.70. The summed E-state index contributed by atoms with van der Waals surface area (Å²) in [7, 11) is 1.62. The van der Waals surface area contributed by atoms with Crippen LogP contribution in [0.3, 0.4) is 0 Å². The first-order chi connectivity index (χ1) is 10.6. The maximum Gasteiger partial charge on any atom is 0.124 e. The van der Waals surface area contributed by atoms with Crippen molar-refractivity contribution in [2.24, 2.45) is 0 Å². The molecule has 0 saturated carbocycles. The minimum Gasteiger partial charge on any atom is -0.496 e. The van der Waals surface area contributed by atoms with Crippen molar-refractivity contribution in [1.82, 2.24) is 5.32 Å². The minimum absolute atomic E-state index is 0.297. The number of nitrogens with one attached hydrogen (secondary N) is 1. The van der Waals surface area contributed by atoms with Gasteiger partial charge in [0.05, 0.1) is 13.2 Å². The number of aliphatic hydroxyl groups is 1. The van der Waals surface area contributed by atoms with E-state index in [1.807, 2.05) is 24.3 Å². The van der Waals surface area contributed by atoms with Crippen molar-refractivity contribution in [2.45, 2.75) is 32.4 Å². The molecule has 0 aliphatic heterocycles. The summed E-state index contributed by atoms with van der Waals surface area (Å²) in [4.78, 5) is 0. The molecule has 0 aliphatic rings. The lowest BCUT2D eigenvalue weighted by Gasteiger charge is -2.19. The summed E-state index contributed by atoms with van der Waals surface area (Å²) < 4.78 is 5.30. The van der Waals surface area contributed by atoms with Crippen LogP contribution in [0.25, 0.3) is 0 Å². The molecule has 22 heavy (non-hydrogen) atoms. The first kappa shape index (κ1) is 16.5. The Morgan fingerprint density at radius 2 is 1.77 bits per heavy atom. The molecule has 118 valence electrons. The maximum atomic E-state index is 10.4. The molecule has 2 N–H and O–H groups in total. The average molecular weight is 299 g/mol. The summed E-state index contributed by atoms with van der Waals surface area (Å²) >= 11 is 0. The zero-order chi connectivity index (χ0) is 15.9. The zero-order valence-electron chi connectivity index (χ0n) is 13.5. The Kier molecular flexibility index (Phi) is 5.99. The summed E-state index contributed by atoms with van der Waals surface area (Å²) in [6, 6.07) is 16.3. The van der Waals surface area contributed by atoms with Crippen LogP contribution >= 0.6 is 0 Å². The Hall–Kier alpha value is -1.84. The lowest BCUT2D eigenvalue weighted by Crippen LogP contribution is -2.32. The number of hydrogen-bond acceptors (Lipinski definition) is 3. The van der Waals surface area contributed by atoms with Crippen LogP contribution in [0.15, 0.2) is 48.5 Å². The van der Waals surface area contributed by atoms with E-state index in [9.17, 15) is 5.11 Å². The molecule has 0 spiro atoms. The van der Waals surface area contributed by atoms with Crippen LogP contribution in [0.1, 0.15) is 29.7 Å². The Balaban J connectivity index is 1.90. The third-order valence-corrected chi connectivity index (χ3v) is 3.94. The highest BCUT2D eigenvalue weighted by Crippen LogP contribution is 2.24. The number of ether oxygens (including phenoxy) is 1. The molecule has 2 rings (SSSR count). The summed E-state index contributed by atoms with van der Waals surface area (Å²) in [5, 5.41) is 13.8. The fraction of sp³-hybridized carbons (Fsp3) is 0.368. The number of benzene rings is 2. The number of hydrogen-bond donors (Lipinski definition) is 2. The standard InChI is InChI=1S/C19H25NO2/c1-14-8-4-5-9-16(14)12-15(2)20-13-18(21)17-10-6-7-11-19(17)22-3/h4-11,15,18,20-21H,12-13H2,1-3H3/t15-,18+/m1/s1. The molecule has 3 nitrogen and oxygen atoms in total. The molecular weight excluding hydrogens is 274 g/mol. The molecule has 3 heteroatoms. The fourth-order valence-corrected chi connectivity index (χ4v) is 2.61. The Bertz CT molecular complexity index is 597. The van der Waals surface area contributed by atoms with Crippen molar-refractivity contribution < 1.29 is 9.84 Å². The van der Waals surface area contributed by atoms with E-state index >= 15 is 0 Å². The van der Waals surface area contributed by atoms with Gasteiger partial charge in [0.25, 0.3) is 0 Å². The van der Waals surface area contributed by atoms with Crippen molar-refractivity contribution in [3.63, 3.8) is 0 Å². The molecule has 0 amide bonds. The molecule has 0 radical (unpaired) electrons. The third kappa shape index (κ3) is 4.33. The zero-order valence-corrected chi connectivity index (χ0v) is 13.5. The molecule has 2 aromatic carbocycles. The molecule has 0 saturated heterocycles. The van der Waals surface area contributed by atoms with E-state index in [1.54, 1.807) is 7.11 Å². The largest absolute Gasteiger partial charge is 0.496 e. The van der Waals surface area contributed by atoms with Gasteiger partial charge in [-0.05, 0) is 37.5 Å². The second-order valence-electron chi connectivity index (χ2n) is 5.70. The number of rotatable bonds is 7. The second kappa shape index (κ2) is 7.97. The van der Waals surface area contributed by atoms with Crippen LogP contribution in [0, 0.1) is 6.92 Å². The van der Waals surface area contributed by atoms with E-state index in [1.165, 1.54) is 11.1 Å². The maximum absolute atomic E-state index is 10.4. The van der Waals surface area contributed by atoms with Crippen molar-refractivity contribution >= 4 is 0 Å². The summed E-state index contributed by atoms with van der Waals surface area (Å²) in [6.07, 6.45) is 0.376. The predicted molar refractivity (Wildman–Crippen MR) is 90.3 cm³/mol. The van der Waals surface area contributed by atoms with Crippen LogP contribution < -0.4 is 10.1 Å². The normalized spacial score (nSPS) is 13.6. The van der Waals surface area contributed by atoms with Gasteiger partial charge in [0, 0.05) is 18.2 Å². The van der Waals surface area contributed by atoms with Crippen molar-refractivity contribution in [3.05, 3.63) is 65.2 Å². The van der Waals surface area contributed by atoms with Gasteiger partial charge in [0.15, 0.2) is 0 Å². The predicted octanol–water partition coefficient (Wildman–Crippen LogP) is 3.26. The highest BCUT2D eigenvalue weighted by molar-refractivity contribution is 5.35. The quantitative estimate of drug-likeness (QED) is 0.824. The molecule has 0 heterocycles. The molecule has 2 aromatic rings. The molecule has 0 fully saturated rings. The Morgan fingerprint density at radius 3 is 2.50 bits per heavy atom. The highest BCUT2D eigenvalue weighted by atomic mass is 16.5. The average Bonchev–Trinajstić information content (AvgIpc) is 2.54. The minimum atomic E-state index is -0.574. The van der Waals surface area contributed by atoms with Crippen LogP contribution in [-0.4, -0.2) is 24.8 Å². The van der Waals surface area contributed by atoms with Gasteiger partial charge >= 0.3 is 0 Å². The molecule has 0 aliphatic carbocycles. The molecule has 2 atom stereocenters. The van der Waals surface area contributed by atoms with Gasteiger partial charge < -0.3 is 15.2 Å². The Labute approximate surface area is 133 Å². The van der Waals surface area contributed by atoms with Crippen molar-refractivity contribution in [2.75, 3.05) is 13.7 Å². The van der Waals surface area contributed by atoms with Gasteiger partial charge in [-0.2, -0.15) is 0 Å². The fourth-order valence-electron chi connectivity index (χ4n) is 2.61. The topological polar surface area (TPSA) is 41.5 Å². The van der Waals surface area contributed by atoms with Crippen LogP contribution in [0.2, 0.25) is 0 Å². The van der Waals surface area contributed by atoms with E-state index < -0.39 is 6.10 Å². The van der Waals surface area contributed by atoms with Gasteiger partial charge in [-0.1, -0.05) is 42.5 Å². The summed E-state index contributed by atoms with van der Waals surface area (Å²) in [5.41, 5.74) is 3.47. The smallest absolute Gasteiger partial charge is 0.124 e. The molecule has 0 aromatic heterocycles. The lowest BCUT2D eigenvalue weighted by molar-refractivity contribution is 0.166. The van der Waals surface area contributed by atoms with Gasteiger partial charge in [0.2, 0.25) is 0 Å². The van der Waals surface area contributed by atoms with E-state index in [-0.39, 0.29) is 0 Å². The van der Waals surface area contributed by atoms with E-state index in [0.29, 0.717) is 12.6 Å². The van der Waals surface area contributed by atoms with Crippen molar-refractivity contribution in [1.29, 1.82) is 0 Å². The van der Waals surface area contributed by atoms with Crippen LogP contribution in [0.4, 0.5) is 0 Å². The van der Waals surface area contributed by atoms with Gasteiger partial charge in [-0.15, -0.1) is 0 Å². The van der Waals surface area contributed by atoms with E-state index in [2.05, 4.69) is 43.4 Å².